The van der Waals surface area contributed by atoms with Crippen molar-refractivity contribution in [3.05, 3.63) is 81.1 Å². The quantitative estimate of drug-likeness (QED) is 0.610. The third kappa shape index (κ3) is 5.63. The van der Waals surface area contributed by atoms with E-state index in [0.29, 0.717) is 26.0 Å². The predicted molar refractivity (Wildman–Crippen MR) is 109 cm³/mol. The normalized spacial score (nSPS) is 10.7. The molecule has 3 aromatic rings. The lowest BCUT2D eigenvalue weighted by atomic mass is 10.1. The molecule has 146 valence electrons. The molecule has 0 aliphatic rings. The number of aryl methyl sites for hydroxylation is 1. The van der Waals surface area contributed by atoms with E-state index in [1.807, 2.05) is 38.1 Å². The van der Waals surface area contributed by atoms with Crippen molar-refractivity contribution in [2.75, 3.05) is 6.61 Å². The second-order valence-electron chi connectivity index (χ2n) is 6.45. The Morgan fingerprint density at radius 2 is 1.79 bits per heavy atom. The molecule has 28 heavy (non-hydrogen) atoms. The van der Waals surface area contributed by atoms with Crippen molar-refractivity contribution in [2.45, 2.75) is 33.2 Å². The molecule has 2 aromatic carbocycles. The number of hydrogen-bond acceptors (Lipinski definition) is 4. The Hall–Kier alpha value is -2.73. The average molecular weight is 399 g/mol. The summed E-state index contributed by atoms with van der Waals surface area (Å²) in [5.74, 6) is 0.524. The van der Waals surface area contributed by atoms with Crippen LogP contribution in [0.5, 0.6) is 5.75 Å². The second-order valence-corrected chi connectivity index (χ2v) is 7.62. The van der Waals surface area contributed by atoms with Crippen molar-refractivity contribution >= 4 is 17.2 Å². The first-order valence-electron chi connectivity index (χ1n) is 9.21. The minimum atomic E-state index is -0.235. The lowest BCUT2D eigenvalue weighted by Gasteiger charge is -2.05. The van der Waals surface area contributed by atoms with Crippen LogP contribution in [0.4, 0.5) is 4.39 Å². The highest BCUT2D eigenvalue weighted by Gasteiger charge is 2.10. The third-order valence-corrected chi connectivity index (χ3v) is 5.41. The Kier molecular flexibility index (Phi) is 6.76. The molecule has 1 N–H and O–H groups in total. The maximum atomic E-state index is 13.0. The van der Waals surface area contributed by atoms with E-state index in [-0.39, 0.29) is 11.7 Å². The van der Waals surface area contributed by atoms with Crippen LogP contribution in [-0.2, 0) is 24.2 Å². The molecular formula is C22H23FN2O2S. The maximum Gasteiger partial charge on any atom is 0.224 e. The van der Waals surface area contributed by atoms with Crippen LogP contribution in [0.15, 0.2) is 48.5 Å². The number of amides is 1. The number of carbonyl (C=O) groups excluding carboxylic acids is 1. The van der Waals surface area contributed by atoms with Crippen molar-refractivity contribution in [3.63, 3.8) is 0 Å². The zero-order valence-electron chi connectivity index (χ0n) is 16.0. The van der Waals surface area contributed by atoms with Crippen molar-refractivity contribution in [2.24, 2.45) is 0 Å². The van der Waals surface area contributed by atoms with Crippen molar-refractivity contribution < 1.29 is 13.9 Å². The van der Waals surface area contributed by atoms with E-state index in [4.69, 9.17) is 4.74 Å². The summed E-state index contributed by atoms with van der Waals surface area (Å²) in [6.45, 7) is 4.92. The van der Waals surface area contributed by atoms with Gasteiger partial charge in [0.25, 0.3) is 0 Å². The Morgan fingerprint density at radius 1 is 1.11 bits per heavy atom. The Morgan fingerprint density at radius 3 is 2.46 bits per heavy atom. The molecule has 4 nitrogen and oxygen atoms in total. The molecule has 6 heteroatoms. The second kappa shape index (κ2) is 9.46. The highest BCUT2D eigenvalue weighted by Crippen LogP contribution is 2.22. The fourth-order valence-corrected chi connectivity index (χ4v) is 3.85. The van der Waals surface area contributed by atoms with Crippen molar-refractivity contribution in [1.29, 1.82) is 0 Å². The largest absolute Gasteiger partial charge is 0.494 e. The summed E-state index contributed by atoms with van der Waals surface area (Å²) < 4.78 is 18.4. The van der Waals surface area contributed by atoms with Gasteiger partial charge in [0.1, 0.15) is 16.6 Å². The SMILES string of the molecule is CCOc1ccc(CC(=O)NCc2nc(C)c(Cc3ccc(F)cc3)s2)cc1. The molecule has 1 amide bonds. The van der Waals surface area contributed by atoms with E-state index in [1.54, 1.807) is 23.5 Å². The molecule has 0 unspecified atom stereocenters. The highest BCUT2D eigenvalue weighted by atomic mass is 32.1. The van der Waals surface area contributed by atoms with E-state index in [9.17, 15) is 9.18 Å². The molecule has 0 spiro atoms. The van der Waals surface area contributed by atoms with E-state index in [1.165, 1.54) is 12.1 Å². The first-order chi connectivity index (χ1) is 13.5. The number of nitrogens with one attached hydrogen (secondary N) is 1. The van der Waals surface area contributed by atoms with E-state index in [0.717, 1.165) is 32.5 Å². The molecule has 0 fully saturated rings. The minimum absolute atomic E-state index is 0.0444. The number of carbonyl (C=O) groups is 1. The van der Waals surface area contributed by atoms with Crippen LogP contribution in [0.1, 0.15) is 33.6 Å². The van der Waals surface area contributed by atoms with Crippen LogP contribution >= 0.6 is 11.3 Å². The van der Waals surface area contributed by atoms with Gasteiger partial charge < -0.3 is 10.1 Å². The Balaban J connectivity index is 1.52. The number of ether oxygens (including phenoxy) is 1. The van der Waals surface area contributed by atoms with Crippen LogP contribution in [0, 0.1) is 12.7 Å². The Bertz CT molecular complexity index is 921. The summed E-state index contributed by atoms with van der Waals surface area (Å²) in [7, 11) is 0. The monoisotopic (exact) mass is 398 g/mol. The van der Waals surface area contributed by atoms with E-state index in [2.05, 4.69) is 10.3 Å². The van der Waals surface area contributed by atoms with Crippen LogP contribution in [0.2, 0.25) is 0 Å². The molecule has 0 atom stereocenters. The summed E-state index contributed by atoms with van der Waals surface area (Å²) in [5.41, 5.74) is 2.93. The van der Waals surface area contributed by atoms with Gasteiger partial charge in [-0.15, -0.1) is 11.3 Å². The molecule has 0 aliphatic carbocycles. The zero-order valence-corrected chi connectivity index (χ0v) is 16.8. The van der Waals surface area contributed by atoms with Crippen molar-refractivity contribution in [1.82, 2.24) is 10.3 Å². The van der Waals surface area contributed by atoms with Crippen LogP contribution in [-0.4, -0.2) is 17.5 Å². The van der Waals surface area contributed by atoms with Gasteiger partial charge in [-0.3, -0.25) is 4.79 Å². The Labute approximate surface area is 168 Å². The van der Waals surface area contributed by atoms with Gasteiger partial charge in [-0.05, 0) is 49.2 Å². The van der Waals surface area contributed by atoms with Crippen LogP contribution in [0.3, 0.4) is 0 Å². The van der Waals surface area contributed by atoms with Crippen LogP contribution in [0.25, 0.3) is 0 Å². The standard InChI is InChI=1S/C22H23FN2O2S/c1-3-27-19-10-6-17(7-11-19)13-21(26)24-14-22-25-15(2)20(28-22)12-16-4-8-18(23)9-5-16/h4-11H,3,12-14H2,1-2H3,(H,24,26). The summed E-state index contributed by atoms with van der Waals surface area (Å²) in [4.78, 5) is 17.9. The molecule has 1 aromatic heterocycles. The van der Waals surface area contributed by atoms with Crippen molar-refractivity contribution in [3.8, 4) is 5.75 Å². The van der Waals surface area contributed by atoms with E-state index >= 15 is 0 Å². The van der Waals surface area contributed by atoms with Gasteiger partial charge in [0.2, 0.25) is 5.91 Å². The van der Waals surface area contributed by atoms with Gasteiger partial charge >= 0.3 is 0 Å². The molecular weight excluding hydrogens is 375 g/mol. The lowest BCUT2D eigenvalue weighted by molar-refractivity contribution is -0.120. The lowest BCUT2D eigenvalue weighted by Crippen LogP contribution is -2.24. The van der Waals surface area contributed by atoms with Gasteiger partial charge in [0.05, 0.1) is 25.3 Å². The molecule has 0 saturated carbocycles. The average Bonchev–Trinajstić information content (AvgIpc) is 3.03. The molecule has 0 bridgehead atoms. The summed E-state index contributed by atoms with van der Waals surface area (Å²) in [5, 5.41) is 3.80. The number of hydrogen-bond donors (Lipinski definition) is 1. The fourth-order valence-electron chi connectivity index (χ4n) is 2.81. The summed E-state index contributed by atoms with van der Waals surface area (Å²) in [6, 6.07) is 14.1. The molecule has 0 saturated heterocycles. The van der Waals surface area contributed by atoms with Gasteiger partial charge in [-0.1, -0.05) is 24.3 Å². The summed E-state index contributed by atoms with van der Waals surface area (Å²) >= 11 is 1.58. The van der Waals surface area contributed by atoms with Crippen LogP contribution < -0.4 is 10.1 Å². The van der Waals surface area contributed by atoms with Gasteiger partial charge in [-0.25, -0.2) is 9.37 Å². The molecule has 3 rings (SSSR count). The zero-order chi connectivity index (χ0) is 19.9. The minimum Gasteiger partial charge on any atom is -0.494 e. The first-order valence-corrected chi connectivity index (χ1v) is 10.0. The molecule has 0 aliphatic heterocycles. The molecule has 1 heterocycles. The number of thiazole rings is 1. The summed E-state index contributed by atoms with van der Waals surface area (Å²) in [6.07, 6.45) is 1.03. The first kappa shape index (κ1) is 20.0. The highest BCUT2D eigenvalue weighted by molar-refractivity contribution is 7.11. The third-order valence-electron chi connectivity index (χ3n) is 4.25. The van der Waals surface area contributed by atoms with Gasteiger partial charge in [-0.2, -0.15) is 0 Å². The number of rotatable bonds is 8. The number of aromatic nitrogens is 1. The maximum absolute atomic E-state index is 13.0. The van der Waals surface area contributed by atoms with Gasteiger partial charge in [0, 0.05) is 11.3 Å². The smallest absolute Gasteiger partial charge is 0.224 e. The number of nitrogens with zero attached hydrogens (tertiary/aromatic N) is 1. The number of halogens is 1. The number of benzene rings is 2. The predicted octanol–water partition coefficient (Wildman–Crippen LogP) is 4.44. The van der Waals surface area contributed by atoms with E-state index < -0.39 is 0 Å². The van der Waals surface area contributed by atoms with Gasteiger partial charge in [0.15, 0.2) is 0 Å². The topological polar surface area (TPSA) is 51.2 Å². The fraction of sp³-hybridized carbons (Fsp3) is 0.273. The molecule has 0 radical (unpaired) electrons.